The zero-order chi connectivity index (χ0) is 8.84. The molecule has 2 heterocycles. The maximum Gasteiger partial charge on any atom is 0.190 e. The number of hydrogen-bond acceptors (Lipinski definition) is 2. The summed E-state index contributed by atoms with van der Waals surface area (Å²) in [5.74, 6) is 3.25. The first-order valence-electron chi connectivity index (χ1n) is 5.18. The summed E-state index contributed by atoms with van der Waals surface area (Å²) >= 11 is 0. The van der Waals surface area contributed by atoms with E-state index < -0.39 is 0 Å². The van der Waals surface area contributed by atoms with Crippen molar-refractivity contribution in [1.82, 2.24) is 0 Å². The van der Waals surface area contributed by atoms with Crippen LogP contribution in [0, 0.1) is 17.8 Å². The molecule has 2 aliphatic carbocycles. The summed E-state index contributed by atoms with van der Waals surface area (Å²) < 4.78 is 5.33. The Bertz CT molecular complexity index is 282. The van der Waals surface area contributed by atoms with Crippen molar-refractivity contribution in [2.75, 3.05) is 7.11 Å². The maximum absolute atomic E-state index is 5.33. The highest BCUT2D eigenvalue weighted by atomic mass is 16.5. The normalized spacial score (nSPS) is 46.1. The van der Waals surface area contributed by atoms with Crippen LogP contribution in [0.3, 0.4) is 0 Å². The monoisotopic (exact) mass is 177 g/mol. The number of rotatable bonds is 0. The van der Waals surface area contributed by atoms with Crippen molar-refractivity contribution in [2.24, 2.45) is 22.7 Å². The van der Waals surface area contributed by atoms with Gasteiger partial charge >= 0.3 is 0 Å². The van der Waals surface area contributed by atoms with Crippen LogP contribution in [0.5, 0.6) is 0 Å². The Balaban J connectivity index is 1.93. The molecule has 2 unspecified atom stereocenters. The number of hydrogen-bond donors (Lipinski definition) is 0. The third-order valence-corrected chi connectivity index (χ3v) is 3.61. The Morgan fingerprint density at radius 2 is 2.31 bits per heavy atom. The molecule has 2 aliphatic heterocycles. The molecule has 4 atom stereocenters. The van der Waals surface area contributed by atoms with Crippen LogP contribution in [-0.2, 0) is 4.74 Å². The van der Waals surface area contributed by atoms with Crippen molar-refractivity contribution in [3.8, 4) is 0 Å². The van der Waals surface area contributed by atoms with E-state index in [9.17, 15) is 0 Å². The number of ether oxygens (including phenoxy) is 1. The van der Waals surface area contributed by atoms with Crippen molar-refractivity contribution in [3.05, 3.63) is 12.2 Å². The molecular formula is C11H15NO. The van der Waals surface area contributed by atoms with E-state index in [1.54, 1.807) is 7.11 Å². The zero-order valence-electron chi connectivity index (χ0n) is 7.94. The lowest BCUT2D eigenvalue weighted by atomic mass is 9.92. The van der Waals surface area contributed by atoms with Gasteiger partial charge in [0.1, 0.15) is 0 Å². The molecule has 0 radical (unpaired) electrons. The number of aliphatic imine (C=N–C) groups is 1. The van der Waals surface area contributed by atoms with Gasteiger partial charge in [-0.1, -0.05) is 12.2 Å². The molecule has 4 rings (SSSR count). The summed E-state index contributed by atoms with van der Waals surface area (Å²) in [6.45, 7) is 0. The van der Waals surface area contributed by atoms with Gasteiger partial charge in [-0.3, -0.25) is 0 Å². The van der Waals surface area contributed by atoms with E-state index in [1.807, 2.05) is 0 Å². The van der Waals surface area contributed by atoms with Crippen LogP contribution in [-0.4, -0.2) is 19.0 Å². The van der Waals surface area contributed by atoms with Crippen molar-refractivity contribution in [2.45, 2.75) is 25.3 Å². The molecule has 0 spiro atoms. The Labute approximate surface area is 78.7 Å². The van der Waals surface area contributed by atoms with Crippen molar-refractivity contribution in [3.63, 3.8) is 0 Å². The van der Waals surface area contributed by atoms with E-state index in [0.29, 0.717) is 12.0 Å². The Kier molecular flexibility index (Phi) is 1.52. The van der Waals surface area contributed by atoms with E-state index in [2.05, 4.69) is 17.1 Å². The summed E-state index contributed by atoms with van der Waals surface area (Å²) in [7, 11) is 1.74. The van der Waals surface area contributed by atoms with Gasteiger partial charge in [-0.05, 0) is 31.1 Å². The molecule has 1 saturated carbocycles. The molecule has 70 valence electrons. The second kappa shape index (κ2) is 2.60. The smallest absolute Gasteiger partial charge is 0.190 e. The first kappa shape index (κ1) is 7.60. The van der Waals surface area contributed by atoms with Gasteiger partial charge in [0.15, 0.2) is 5.90 Å². The van der Waals surface area contributed by atoms with Gasteiger partial charge < -0.3 is 4.74 Å². The second-order valence-electron chi connectivity index (χ2n) is 4.39. The van der Waals surface area contributed by atoms with Gasteiger partial charge in [0, 0.05) is 0 Å². The highest BCUT2D eigenvalue weighted by molar-refractivity contribution is 5.82. The summed E-state index contributed by atoms with van der Waals surface area (Å²) in [4.78, 5) is 4.65. The standard InChI is InChI=1S/C11H15NO/c1-13-11-7-2-3-8-6-9(8)10(12-11)5-4-7/h4-5,7-10H,2-3,6H2,1H3/t7?,8-,9+,10?/m1/s1. The summed E-state index contributed by atoms with van der Waals surface area (Å²) in [6, 6.07) is 0.441. The quantitative estimate of drug-likeness (QED) is 0.519. The molecule has 2 heteroatoms. The van der Waals surface area contributed by atoms with Gasteiger partial charge in [-0.25, -0.2) is 4.99 Å². The van der Waals surface area contributed by atoms with Gasteiger partial charge in [-0.2, -0.15) is 0 Å². The predicted octanol–water partition coefficient (Wildman–Crippen LogP) is 2.02. The van der Waals surface area contributed by atoms with Crippen LogP contribution in [0.15, 0.2) is 17.1 Å². The number of methoxy groups -OCH3 is 1. The summed E-state index contributed by atoms with van der Waals surface area (Å²) in [5, 5.41) is 0. The van der Waals surface area contributed by atoms with Crippen molar-refractivity contribution >= 4 is 5.90 Å². The fraction of sp³-hybridized carbons (Fsp3) is 0.727. The molecule has 0 aromatic heterocycles. The van der Waals surface area contributed by atoms with Gasteiger partial charge in [0.2, 0.25) is 0 Å². The van der Waals surface area contributed by atoms with Gasteiger partial charge in [-0.15, -0.1) is 0 Å². The molecule has 2 nitrogen and oxygen atoms in total. The lowest BCUT2D eigenvalue weighted by molar-refractivity contribution is 0.352. The fourth-order valence-electron chi connectivity index (χ4n) is 2.69. The lowest BCUT2D eigenvalue weighted by Crippen LogP contribution is -2.25. The van der Waals surface area contributed by atoms with E-state index >= 15 is 0 Å². The second-order valence-corrected chi connectivity index (χ2v) is 4.39. The number of nitrogens with zero attached hydrogens (tertiary/aromatic N) is 1. The molecule has 13 heavy (non-hydrogen) atoms. The molecule has 1 fully saturated rings. The average Bonchev–Trinajstić information content (AvgIpc) is 2.88. The number of fused-ring (bicyclic) bond motifs is 1. The summed E-state index contributed by atoms with van der Waals surface area (Å²) in [5.41, 5.74) is 0. The molecule has 2 bridgehead atoms. The number of dihydropyridines is 1. The molecule has 0 saturated heterocycles. The summed E-state index contributed by atoms with van der Waals surface area (Å²) in [6.07, 6.45) is 8.58. The third kappa shape index (κ3) is 1.11. The van der Waals surface area contributed by atoms with E-state index in [1.165, 1.54) is 19.3 Å². The molecule has 0 aromatic rings. The largest absolute Gasteiger partial charge is 0.484 e. The van der Waals surface area contributed by atoms with Crippen LogP contribution in [0.1, 0.15) is 19.3 Å². The molecule has 0 amide bonds. The van der Waals surface area contributed by atoms with E-state index in [4.69, 9.17) is 4.74 Å². The van der Waals surface area contributed by atoms with Crippen molar-refractivity contribution in [1.29, 1.82) is 0 Å². The minimum atomic E-state index is 0.441. The Morgan fingerprint density at radius 1 is 1.38 bits per heavy atom. The van der Waals surface area contributed by atoms with Gasteiger partial charge in [0.25, 0.3) is 0 Å². The molecular weight excluding hydrogens is 162 g/mol. The minimum absolute atomic E-state index is 0.441. The van der Waals surface area contributed by atoms with E-state index in [-0.39, 0.29) is 0 Å². The fourth-order valence-corrected chi connectivity index (χ4v) is 2.69. The Morgan fingerprint density at radius 3 is 3.15 bits per heavy atom. The van der Waals surface area contributed by atoms with Gasteiger partial charge in [0.05, 0.1) is 19.1 Å². The van der Waals surface area contributed by atoms with Crippen molar-refractivity contribution < 1.29 is 4.74 Å². The van der Waals surface area contributed by atoms with Crippen LogP contribution >= 0.6 is 0 Å². The van der Waals surface area contributed by atoms with Crippen LogP contribution in [0.25, 0.3) is 0 Å². The molecule has 0 aromatic carbocycles. The molecule has 4 aliphatic rings. The Hall–Kier alpha value is -0.790. The minimum Gasteiger partial charge on any atom is -0.484 e. The van der Waals surface area contributed by atoms with Crippen LogP contribution < -0.4 is 0 Å². The highest BCUT2D eigenvalue weighted by Crippen LogP contribution is 2.49. The zero-order valence-corrected chi connectivity index (χ0v) is 7.94. The topological polar surface area (TPSA) is 21.6 Å². The predicted molar refractivity (Wildman–Crippen MR) is 51.7 cm³/mol. The first-order valence-corrected chi connectivity index (χ1v) is 5.18. The first-order chi connectivity index (χ1) is 6.38. The SMILES string of the molecule is COC1=NC2C=CC1CC[C@@H]1C[C@H]21. The maximum atomic E-state index is 5.33. The van der Waals surface area contributed by atoms with Crippen LogP contribution in [0.4, 0.5) is 0 Å². The lowest BCUT2D eigenvalue weighted by Gasteiger charge is -2.24. The van der Waals surface area contributed by atoms with E-state index in [0.717, 1.165) is 17.7 Å². The van der Waals surface area contributed by atoms with Crippen LogP contribution in [0.2, 0.25) is 0 Å². The molecule has 0 N–H and O–H groups in total. The average molecular weight is 177 g/mol. The highest BCUT2D eigenvalue weighted by Gasteiger charge is 2.45. The third-order valence-electron chi connectivity index (χ3n) is 3.61.